The highest BCUT2D eigenvalue weighted by atomic mass is 32.2. The van der Waals surface area contributed by atoms with Crippen molar-refractivity contribution in [3.63, 3.8) is 0 Å². The number of carbonyl (C=O) groups excluding carboxylic acids is 1. The quantitative estimate of drug-likeness (QED) is 0.472. The Kier molecular flexibility index (Phi) is 6.30. The van der Waals surface area contributed by atoms with E-state index in [1.54, 1.807) is 17.7 Å². The summed E-state index contributed by atoms with van der Waals surface area (Å²) in [5, 5.41) is 5.00. The summed E-state index contributed by atoms with van der Waals surface area (Å²) in [7, 11) is 0. The predicted molar refractivity (Wildman–Crippen MR) is 120 cm³/mol. The third-order valence-corrected chi connectivity index (χ3v) is 7.37. The van der Waals surface area contributed by atoms with Crippen molar-refractivity contribution in [1.29, 1.82) is 0 Å². The molecule has 0 unspecified atom stereocenters. The second-order valence-electron chi connectivity index (χ2n) is 7.24. The summed E-state index contributed by atoms with van der Waals surface area (Å²) < 4.78 is 0. The summed E-state index contributed by atoms with van der Waals surface area (Å²) in [4.78, 5) is 30.4. The van der Waals surface area contributed by atoms with Gasteiger partial charge in [-0.05, 0) is 44.7 Å². The first-order valence-corrected chi connectivity index (χ1v) is 11.7. The van der Waals surface area contributed by atoms with Gasteiger partial charge in [-0.1, -0.05) is 17.8 Å². The number of aromatic nitrogens is 3. The Balaban J connectivity index is 1.38. The number of hydrogen-bond acceptors (Lipinski definition) is 7. The number of fused-ring (bicyclic) bond motifs is 1. The molecule has 1 aliphatic rings. The number of piperidine rings is 1. The smallest absolute Gasteiger partial charge is 0.230 e. The molecule has 0 radical (unpaired) electrons. The normalized spacial score (nSPS) is 14.3. The lowest BCUT2D eigenvalue weighted by Crippen LogP contribution is -2.32. The minimum Gasteiger partial charge on any atom is -0.356 e. The summed E-state index contributed by atoms with van der Waals surface area (Å²) >= 11 is 3.14. The molecule has 1 saturated heterocycles. The van der Waals surface area contributed by atoms with Gasteiger partial charge in [0, 0.05) is 41.7 Å². The van der Waals surface area contributed by atoms with E-state index in [-0.39, 0.29) is 5.91 Å². The first kappa shape index (κ1) is 20.1. The molecule has 1 N–H and O–H groups in total. The highest BCUT2D eigenvalue weighted by Gasteiger charge is 2.17. The Morgan fingerprint density at radius 3 is 2.86 bits per heavy atom. The second kappa shape index (κ2) is 9.09. The van der Waals surface area contributed by atoms with Gasteiger partial charge in [0.15, 0.2) is 0 Å². The molecule has 3 aromatic heterocycles. The van der Waals surface area contributed by atoms with Crippen LogP contribution in [-0.4, -0.2) is 39.7 Å². The van der Waals surface area contributed by atoms with Crippen molar-refractivity contribution in [2.45, 2.75) is 44.7 Å². The van der Waals surface area contributed by atoms with E-state index in [4.69, 9.17) is 0 Å². The third kappa shape index (κ3) is 4.53. The van der Waals surface area contributed by atoms with Crippen molar-refractivity contribution < 1.29 is 4.79 Å². The minimum atomic E-state index is -0.000172. The van der Waals surface area contributed by atoms with Gasteiger partial charge in [-0.25, -0.2) is 15.0 Å². The zero-order valence-electron chi connectivity index (χ0n) is 16.8. The van der Waals surface area contributed by atoms with Gasteiger partial charge < -0.3 is 10.2 Å². The van der Waals surface area contributed by atoms with Gasteiger partial charge in [0.2, 0.25) is 5.91 Å². The number of rotatable bonds is 6. The summed E-state index contributed by atoms with van der Waals surface area (Å²) in [6, 6.07) is 3.98. The molecule has 152 valence electrons. The second-order valence-corrected chi connectivity index (χ2v) is 9.41. The molecule has 1 aliphatic heterocycles. The molecule has 3 aromatic rings. The Morgan fingerprint density at radius 2 is 2.03 bits per heavy atom. The molecule has 0 aliphatic carbocycles. The van der Waals surface area contributed by atoms with Gasteiger partial charge in [-0.3, -0.25) is 4.79 Å². The lowest BCUT2D eigenvalue weighted by molar-refractivity contribution is -0.118. The standard InChI is InChI=1S/C21H25N5OS2/c1-14-15(2)29-21-18(14)20(24-13-25-21)28-12-17(27)23-11-16-7-6-8-22-19(16)26-9-4-3-5-10-26/h6-8,13H,3-5,9-12H2,1-2H3,(H,23,27). The topological polar surface area (TPSA) is 71.0 Å². The van der Waals surface area contributed by atoms with Crippen molar-refractivity contribution in [2.75, 3.05) is 23.7 Å². The van der Waals surface area contributed by atoms with Crippen LogP contribution in [0.15, 0.2) is 29.7 Å². The number of nitrogens with zero attached hydrogens (tertiary/aromatic N) is 4. The lowest BCUT2D eigenvalue weighted by atomic mass is 10.1. The molecule has 6 nitrogen and oxygen atoms in total. The monoisotopic (exact) mass is 427 g/mol. The zero-order valence-corrected chi connectivity index (χ0v) is 18.4. The van der Waals surface area contributed by atoms with Crippen LogP contribution >= 0.6 is 23.1 Å². The van der Waals surface area contributed by atoms with Crippen molar-refractivity contribution in [3.8, 4) is 0 Å². The minimum absolute atomic E-state index is 0.000172. The molecule has 0 aromatic carbocycles. The maximum absolute atomic E-state index is 12.5. The highest BCUT2D eigenvalue weighted by molar-refractivity contribution is 8.00. The number of anilines is 1. The van der Waals surface area contributed by atoms with Crippen LogP contribution in [0.25, 0.3) is 10.2 Å². The first-order valence-electron chi connectivity index (χ1n) is 9.92. The van der Waals surface area contributed by atoms with Gasteiger partial charge in [0.1, 0.15) is 22.0 Å². The Hall–Kier alpha value is -2.19. The van der Waals surface area contributed by atoms with Crippen LogP contribution in [-0.2, 0) is 11.3 Å². The van der Waals surface area contributed by atoms with E-state index in [0.29, 0.717) is 12.3 Å². The molecule has 29 heavy (non-hydrogen) atoms. The number of amides is 1. The highest BCUT2D eigenvalue weighted by Crippen LogP contribution is 2.34. The van der Waals surface area contributed by atoms with E-state index in [9.17, 15) is 4.79 Å². The molecular formula is C21H25N5OS2. The molecule has 0 atom stereocenters. The van der Waals surface area contributed by atoms with Crippen LogP contribution in [0.5, 0.6) is 0 Å². The predicted octanol–water partition coefficient (Wildman–Crippen LogP) is 4.10. The fourth-order valence-electron chi connectivity index (χ4n) is 3.60. The summed E-state index contributed by atoms with van der Waals surface area (Å²) in [5.74, 6) is 1.33. The van der Waals surface area contributed by atoms with Crippen LogP contribution in [0.3, 0.4) is 0 Å². The fourth-order valence-corrected chi connectivity index (χ4v) is 5.54. The molecule has 0 saturated carbocycles. The molecule has 1 fully saturated rings. The maximum Gasteiger partial charge on any atom is 0.230 e. The van der Waals surface area contributed by atoms with E-state index in [0.717, 1.165) is 39.7 Å². The van der Waals surface area contributed by atoms with Gasteiger partial charge in [-0.2, -0.15) is 0 Å². The maximum atomic E-state index is 12.5. The molecule has 0 bridgehead atoms. The van der Waals surface area contributed by atoms with E-state index in [1.807, 2.05) is 12.3 Å². The number of carbonyl (C=O) groups is 1. The summed E-state index contributed by atoms with van der Waals surface area (Å²) in [5.41, 5.74) is 2.27. The third-order valence-electron chi connectivity index (χ3n) is 5.27. The number of aryl methyl sites for hydroxylation is 2. The van der Waals surface area contributed by atoms with Crippen LogP contribution in [0.2, 0.25) is 0 Å². The summed E-state index contributed by atoms with van der Waals surface area (Å²) in [6.07, 6.45) is 7.10. The van der Waals surface area contributed by atoms with Crippen molar-refractivity contribution in [1.82, 2.24) is 20.3 Å². The Labute approximate surface area is 179 Å². The van der Waals surface area contributed by atoms with Crippen LogP contribution < -0.4 is 10.2 Å². The molecule has 8 heteroatoms. The van der Waals surface area contributed by atoms with Crippen molar-refractivity contribution in [2.24, 2.45) is 0 Å². The molecule has 4 heterocycles. The van der Waals surface area contributed by atoms with Gasteiger partial charge in [0.05, 0.1) is 5.75 Å². The van der Waals surface area contributed by atoms with E-state index in [2.05, 4.69) is 45.1 Å². The number of thiophene rings is 1. The van der Waals surface area contributed by atoms with Crippen LogP contribution in [0, 0.1) is 13.8 Å². The summed E-state index contributed by atoms with van der Waals surface area (Å²) in [6.45, 7) is 6.76. The van der Waals surface area contributed by atoms with Gasteiger partial charge in [-0.15, -0.1) is 11.3 Å². The number of thioether (sulfide) groups is 1. The van der Waals surface area contributed by atoms with Crippen molar-refractivity contribution in [3.05, 3.63) is 40.7 Å². The van der Waals surface area contributed by atoms with Gasteiger partial charge in [0.25, 0.3) is 0 Å². The lowest BCUT2D eigenvalue weighted by Gasteiger charge is -2.29. The number of hydrogen-bond donors (Lipinski definition) is 1. The Morgan fingerprint density at radius 1 is 1.21 bits per heavy atom. The average molecular weight is 428 g/mol. The van der Waals surface area contributed by atoms with E-state index < -0.39 is 0 Å². The van der Waals surface area contributed by atoms with Crippen molar-refractivity contribution >= 4 is 45.0 Å². The number of pyridine rings is 1. The average Bonchev–Trinajstić information content (AvgIpc) is 3.05. The number of nitrogens with one attached hydrogen (secondary N) is 1. The van der Waals surface area contributed by atoms with E-state index in [1.165, 1.54) is 41.5 Å². The molecular weight excluding hydrogens is 402 g/mol. The molecule has 4 rings (SSSR count). The molecule has 0 spiro atoms. The fraction of sp³-hybridized carbons (Fsp3) is 0.429. The van der Waals surface area contributed by atoms with Crippen LogP contribution in [0.4, 0.5) is 5.82 Å². The largest absolute Gasteiger partial charge is 0.356 e. The molecule has 1 amide bonds. The first-order chi connectivity index (χ1) is 14.1. The zero-order chi connectivity index (χ0) is 20.2. The Bertz CT molecular complexity index is 1010. The van der Waals surface area contributed by atoms with Crippen LogP contribution in [0.1, 0.15) is 35.3 Å². The van der Waals surface area contributed by atoms with Gasteiger partial charge >= 0.3 is 0 Å². The van der Waals surface area contributed by atoms with E-state index >= 15 is 0 Å². The SMILES string of the molecule is Cc1sc2ncnc(SCC(=O)NCc3cccnc3N3CCCCC3)c2c1C.